The molecule has 1 aromatic heterocycles. The van der Waals surface area contributed by atoms with E-state index in [1.807, 2.05) is 0 Å². The highest BCUT2D eigenvalue weighted by molar-refractivity contribution is 5.76. The van der Waals surface area contributed by atoms with Crippen molar-refractivity contribution in [1.29, 1.82) is 0 Å². The van der Waals surface area contributed by atoms with E-state index in [0.29, 0.717) is 26.1 Å². The molecule has 0 aliphatic carbocycles. The lowest BCUT2D eigenvalue weighted by Gasteiger charge is -2.35. The second-order valence-corrected chi connectivity index (χ2v) is 6.90. The first-order valence-electron chi connectivity index (χ1n) is 8.45. The number of amides is 1. The van der Waals surface area contributed by atoms with E-state index in [1.54, 1.807) is 14.1 Å². The second kappa shape index (κ2) is 7.36. The van der Waals surface area contributed by atoms with Gasteiger partial charge in [0.2, 0.25) is 11.7 Å². The van der Waals surface area contributed by atoms with E-state index < -0.39 is 12.0 Å². The van der Waals surface area contributed by atoms with Crippen molar-refractivity contribution in [2.24, 2.45) is 0 Å². The first-order chi connectivity index (χ1) is 12.2. The van der Waals surface area contributed by atoms with E-state index in [1.165, 1.54) is 11.0 Å². The Morgan fingerprint density at radius 2 is 2.19 bits per heavy atom. The second-order valence-electron chi connectivity index (χ2n) is 6.90. The van der Waals surface area contributed by atoms with Crippen molar-refractivity contribution in [3.05, 3.63) is 18.1 Å². The molecule has 0 unspecified atom stereocenters. The Balaban J connectivity index is 1.57. The first-order valence-corrected chi connectivity index (χ1v) is 8.45. The van der Waals surface area contributed by atoms with Crippen LogP contribution < -0.4 is 5.32 Å². The van der Waals surface area contributed by atoms with E-state index >= 15 is 0 Å². The minimum atomic E-state index is -4.56. The summed E-state index contributed by atoms with van der Waals surface area (Å²) in [6, 6.07) is 1.60. The number of morpholine rings is 1. The molecule has 0 radical (unpaired) electrons. The largest absolute Gasteiger partial charge is 0.451 e. The maximum Gasteiger partial charge on any atom is 0.451 e. The van der Waals surface area contributed by atoms with Crippen molar-refractivity contribution in [3.8, 4) is 0 Å². The molecule has 0 bridgehead atoms. The molecule has 1 amide bonds. The number of halogens is 3. The van der Waals surface area contributed by atoms with Gasteiger partial charge in [-0.15, -0.1) is 0 Å². The zero-order chi connectivity index (χ0) is 18.9. The summed E-state index contributed by atoms with van der Waals surface area (Å²) in [5.74, 6) is -0.968. The zero-order valence-electron chi connectivity index (χ0n) is 14.7. The number of carbonyl (C=O) groups is 1. The highest BCUT2D eigenvalue weighted by Gasteiger charge is 2.39. The fourth-order valence-electron chi connectivity index (χ4n) is 3.33. The summed E-state index contributed by atoms with van der Waals surface area (Å²) in [6.07, 6.45) is -2.54. The fourth-order valence-corrected chi connectivity index (χ4v) is 3.33. The Bertz CT molecular complexity index is 655. The van der Waals surface area contributed by atoms with Gasteiger partial charge in [0.1, 0.15) is 5.82 Å². The molecule has 7 nitrogen and oxygen atoms in total. The smallest absolute Gasteiger partial charge is 0.375 e. The number of alkyl halides is 3. The number of anilines is 1. The Kier molecular flexibility index (Phi) is 5.33. The number of hydrogen-bond acceptors (Lipinski definition) is 6. The molecule has 3 heterocycles. The number of carbonyl (C=O) groups excluding carboxylic acids is 1. The quantitative estimate of drug-likeness (QED) is 0.856. The minimum Gasteiger partial charge on any atom is -0.375 e. The highest BCUT2D eigenvalue weighted by Crippen LogP contribution is 2.28. The molecule has 0 aromatic carbocycles. The predicted molar refractivity (Wildman–Crippen MR) is 87.5 cm³/mol. The molecular formula is C16H22F3N5O2. The Morgan fingerprint density at radius 3 is 2.88 bits per heavy atom. The van der Waals surface area contributed by atoms with Gasteiger partial charge in [0.15, 0.2) is 0 Å². The lowest BCUT2D eigenvalue weighted by Crippen LogP contribution is -2.47. The van der Waals surface area contributed by atoms with Gasteiger partial charge in [-0.3, -0.25) is 9.69 Å². The molecule has 144 valence electrons. The predicted octanol–water partition coefficient (Wildman–Crippen LogP) is 1.23. The van der Waals surface area contributed by atoms with Crippen LogP contribution in [-0.2, 0) is 15.7 Å². The van der Waals surface area contributed by atoms with Gasteiger partial charge in [0.05, 0.1) is 19.1 Å². The summed E-state index contributed by atoms with van der Waals surface area (Å²) in [4.78, 5) is 22.4. The van der Waals surface area contributed by atoms with Crippen LogP contribution in [0.1, 0.15) is 18.7 Å². The van der Waals surface area contributed by atoms with Crippen LogP contribution in [0.25, 0.3) is 0 Å². The SMILES string of the molecule is CN(C)C(=O)C[C@H]1CN2C[C@H](Nc3ccnc(C(F)(F)F)n3)C[C@H]2CO1. The Morgan fingerprint density at radius 1 is 1.42 bits per heavy atom. The first kappa shape index (κ1) is 18.8. The minimum absolute atomic E-state index is 0.0167. The van der Waals surface area contributed by atoms with Crippen molar-refractivity contribution in [3.63, 3.8) is 0 Å². The lowest BCUT2D eigenvalue weighted by atomic mass is 10.1. The van der Waals surface area contributed by atoms with Crippen LogP contribution in [0.2, 0.25) is 0 Å². The van der Waals surface area contributed by atoms with Crippen LogP contribution in [0.3, 0.4) is 0 Å². The standard InChI is InChI=1S/C16H22F3N5O2/c1-23(2)14(25)6-12-8-24-7-10(5-11(24)9-26-12)21-13-3-4-20-15(22-13)16(17,18)19/h3-4,10-12H,5-9H2,1-2H3,(H,20,21,22)/t10-,11+,12+/m1/s1. The topological polar surface area (TPSA) is 70.6 Å². The summed E-state index contributed by atoms with van der Waals surface area (Å²) in [6.45, 7) is 1.83. The molecule has 0 saturated carbocycles. The summed E-state index contributed by atoms with van der Waals surface area (Å²) in [5.41, 5.74) is 0. The number of nitrogens with one attached hydrogen (secondary N) is 1. The maximum atomic E-state index is 12.7. The zero-order valence-corrected chi connectivity index (χ0v) is 14.7. The third kappa shape index (κ3) is 4.42. The fraction of sp³-hybridized carbons (Fsp3) is 0.688. The third-order valence-electron chi connectivity index (χ3n) is 4.65. The highest BCUT2D eigenvalue weighted by atomic mass is 19.4. The van der Waals surface area contributed by atoms with Gasteiger partial charge in [-0.1, -0.05) is 0 Å². The van der Waals surface area contributed by atoms with Crippen molar-refractivity contribution in [2.45, 2.75) is 37.2 Å². The summed E-state index contributed by atoms with van der Waals surface area (Å²) in [7, 11) is 3.42. The van der Waals surface area contributed by atoms with Crippen LogP contribution >= 0.6 is 0 Å². The van der Waals surface area contributed by atoms with Crippen molar-refractivity contribution in [1.82, 2.24) is 19.8 Å². The summed E-state index contributed by atoms with van der Waals surface area (Å²) in [5, 5.41) is 3.06. The number of hydrogen-bond donors (Lipinski definition) is 1. The van der Waals surface area contributed by atoms with Crippen LogP contribution in [0.5, 0.6) is 0 Å². The van der Waals surface area contributed by atoms with E-state index in [-0.39, 0.29) is 29.9 Å². The Hall–Kier alpha value is -1.94. The monoisotopic (exact) mass is 373 g/mol. The van der Waals surface area contributed by atoms with Gasteiger partial charge >= 0.3 is 6.18 Å². The average Bonchev–Trinajstić information content (AvgIpc) is 2.95. The van der Waals surface area contributed by atoms with Gasteiger partial charge in [0, 0.05) is 45.5 Å². The lowest BCUT2D eigenvalue weighted by molar-refractivity contribution is -0.144. The number of nitrogens with zero attached hydrogens (tertiary/aromatic N) is 4. The summed E-state index contributed by atoms with van der Waals surface area (Å²) >= 11 is 0. The normalized spacial score (nSPS) is 26.4. The van der Waals surface area contributed by atoms with E-state index in [9.17, 15) is 18.0 Å². The van der Waals surface area contributed by atoms with Crippen LogP contribution in [0, 0.1) is 0 Å². The molecule has 2 fully saturated rings. The van der Waals surface area contributed by atoms with Gasteiger partial charge in [-0.05, 0) is 12.5 Å². The van der Waals surface area contributed by atoms with Gasteiger partial charge in [0.25, 0.3) is 0 Å². The van der Waals surface area contributed by atoms with E-state index in [4.69, 9.17) is 4.74 Å². The summed E-state index contributed by atoms with van der Waals surface area (Å²) < 4.78 is 43.9. The molecule has 3 rings (SSSR count). The van der Waals surface area contributed by atoms with Gasteiger partial charge in [-0.2, -0.15) is 13.2 Å². The van der Waals surface area contributed by atoms with Crippen LogP contribution in [0.15, 0.2) is 12.3 Å². The molecule has 10 heteroatoms. The maximum absolute atomic E-state index is 12.7. The molecule has 2 saturated heterocycles. The van der Waals surface area contributed by atoms with Crippen molar-refractivity contribution >= 4 is 11.7 Å². The van der Waals surface area contributed by atoms with E-state index in [2.05, 4.69) is 20.2 Å². The number of ether oxygens (including phenoxy) is 1. The van der Waals surface area contributed by atoms with Crippen molar-refractivity contribution < 1.29 is 22.7 Å². The number of rotatable bonds is 4. The molecule has 1 N–H and O–H groups in total. The molecule has 1 aromatic rings. The molecule has 3 atom stereocenters. The molecule has 0 spiro atoms. The van der Waals surface area contributed by atoms with E-state index in [0.717, 1.165) is 12.6 Å². The Labute approximate surface area is 149 Å². The number of fused-ring (bicyclic) bond motifs is 1. The van der Waals surface area contributed by atoms with Gasteiger partial charge < -0.3 is 15.0 Å². The van der Waals surface area contributed by atoms with Gasteiger partial charge in [-0.25, -0.2) is 9.97 Å². The molecular weight excluding hydrogens is 351 g/mol. The third-order valence-corrected chi connectivity index (χ3v) is 4.65. The number of aromatic nitrogens is 2. The molecule has 2 aliphatic rings. The average molecular weight is 373 g/mol. The van der Waals surface area contributed by atoms with Crippen LogP contribution in [-0.4, -0.2) is 77.7 Å². The molecule has 2 aliphatic heterocycles. The molecule has 26 heavy (non-hydrogen) atoms. The van der Waals surface area contributed by atoms with Crippen molar-refractivity contribution in [2.75, 3.05) is 39.1 Å². The van der Waals surface area contributed by atoms with Crippen LogP contribution in [0.4, 0.5) is 19.0 Å².